The van der Waals surface area contributed by atoms with Crippen LogP contribution in [0.4, 0.5) is 11.4 Å². The smallest absolute Gasteiger partial charge is 0.0799 e. The van der Waals surface area contributed by atoms with Gasteiger partial charge in [0.25, 0.3) is 0 Å². The zero-order chi connectivity index (χ0) is 20.0. The monoisotopic (exact) mass is 373 g/mol. The second kappa shape index (κ2) is 6.63. The summed E-state index contributed by atoms with van der Waals surface area (Å²) in [7, 11) is 6.71. The largest absolute Gasteiger partial charge is 0.333 e. The molecule has 2 radical (unpaired) electrons. The van der Waals surface area contributed by atoms with Crippen LogP contribution in [-0.2, 0) is 5.41 Å². The lowest BCUT2D eigenvalue weighted by Crippen LogP contribution is -2.30. The molecule has 140 valence electrons. The third-order valence-electron chi connectivity index (χ3n) is 6.08. The average Bonchev–Trinajstić information content (AvgIpc) is 2.78. The van der Waals surface area contributed by atoms with Crippen molar-refractivity contribution >= 4 is 11.4 Å². The van der Waals surface area contributed by atoms with Crippen molar-refractivity contribution in [1.29, 1.82) is 0 Å². The second-order valence-corrected chi connectivity index (χ2v) is 8.19. The molecule has 29 heavy (non-hydrogen) atoms. The molecule has 4 aromatic carbocycles. The number of benzene rings is 4. The van der Waals surface area contributed by atoms with E-state index in [2.05, 4.69) is 98.8 Å². The number of hydrogen-bond donors (Lipinski definition) is 0. The highest BCUT2D eigenvalue weighted by Gasteiger charge is 2.35. The van der Waals surface area contributed by atoms with Crippen LogP contribution in [0, 0.1) is 7.05 Å². The third kappa shape index (κ3) is 2.86. The molecule has 0 amide bonds. The van der Waals surface area contributed by atoms with Crippen LogP contribution >= 0.6 is 0 Å². The van der Waals surface area contributed by atoms with E-state index >= 15 is 0 Å². The summed E-state index contributed by atoms with van der Waals surface area (Å²) in [6.45, 7) is 4.56. The van der Waals surface area contributed by atoms with Gasteiger partial charge < -0.3 is 4.90 Å². The molecule has 1 aliphatic heterocycles. The van der Waals surface area contributed by atoms with Crippen molar-refractivity contribution in [3.63, 3.8) is 0 Å². The van der Waals surface area contributed by atoms with Gasteiger partial charge in [-0.3, -0.25) is 0 Å². The Labute approximate surface area is 173 Å². The summed E-state index contributed by atoms with van der Waals surface area (Å²) in [6, 6.07) is 34.2. The van der Waals surface area contributed by atoms with Crippen molar-refractivity contribution < 1.29 is 0 Å². The van der Waals surface area contributed by atoms with E-state index in [0.717, 1.165) is 11.4 Å². The standard InChI is InChI=1S/C28H23N/c1-28(2)24-16-14-22(20-10-6-4-7-11-20)18-26(24)29(3)27-19-23(15-17-25(27)28)21-12-8-5-9-13-21/h3-19H,1-2H3. The van der Waals surface area contributed by atoms with Gasteiger partial charge >= 0.3 is 0 Å². The van der Waals surface area contributed by atoms with Gasteiger partial charge in [0, 0.05) is 16.8 Å². The predicted octanol–water partition coefficient (Wildman–Crippen LogP) is 7.47. The molecule has 0 atom stereocenters. The minimum absolute atomic E-state index is 0.120. The van der Waals surface area contributed by atoms with E-state index in [1.807, 2.05) is 17.0 Å². The summed E-state index contributed by atoms with van der Waals surface area (Å²) in [4.78, 5) is 1.86. The van der Waals surface area contributed by atoms with E-state index in [1.54, 1.807) is 0 Å². The van der Waals surface area contributed by atoms with Crippen LogP contribution in [-0.4, -0.2) is 0 Å². The van der Waals surface area contributed by atoms with E-state index in [1.165, 1.54) is 33.4 Å². The Morgan fingerprint density at radius 2 is 0.966 bits per heavy atom. The molecule has 1 nitrogen and oxygen atoms in total. The van der Waals surface area contributed by atoms with Crippen LogP contribution in [0.25, 0.3) is 22.3 Å². The second-order valence-electron chi connectivity index (χ2n) is 8.19. The summed E-state index contributed by atoms with van der Waals surface area (Å²) in [5.74, 6) is 0. The summed E-state index contributed by atoms with van der Waals surface area (Å²) in [5, 5.41) is 0. The van der Waals surface area contributed by atoms with Gasteiger partial charge in [0.1, 0.15) is 0 Å². The van der Waals surface area contributed by atoms with Crippen LogP contribution in [0.1, 0.15) is 25.0 Å². The molecule has 4 aromatic rings. The van der Waals surface area contributed by atoms with Crippen molar-refractivity contribution in [2.45, 2.75) is 19.3 Å². The molecule has 0 fully saturated rings. The lowest BCUT2D eigenvalue weighted by molar-refractivity contribution is 0.631. The molecule has 0 bridgehead atoms. The van der Waals surface area contributed by atoms with Crippen LogP contribution in [0.2, 0.25) is 0 Å². The average molecular weight is 373 g/mol. The van der Waals surface area contributed by atoms with Gasteiger partial charge in [0.2, 0.25) is 0 Å². The Bertz CT molecular complexity index is 1080. The first-order chi connectivity index (χ1) is 14.1. The summed E-state index contributed by atoms with van der Waals surface area (Å²) >= 11 is 0. The normalized spacial score (nSPS) is 14.2. The summed E-state index contributed by atoms with van der Waals surface area (Å²) < 4.78 is 0. The fourth-order valence-electron chi connectivity index (χ4n) is 4.41. The Hall–Kier alpha value is -3.32. The zero-order valence-electron chi connectivity index (χ0n) is 16.8. The lowest BCUT2D eigenvalue weighted by atomic mass is 9.73. The highest BCUT2D eigenvalue weighted by Crippen LogP contribution is 2.50. The van der Waals surface area contributed by atoms with E-state index in [-0.39, 0.29) is 5.41 Å². The Kier molecular flexibility index (Phi) is 4.06. The van der Waals surface area contributed by atoms with Gasteiger partial charge in [0.15, 0.2) is 0 Å². The fraction of sp³-hybridized carbons (Fsp3) is 0.107. The number of fused-ring (bicyclic) bond motifs is 2. The van der Waals surface area contributed by atoms with E-state index in [0.29, 0.717) is 0 Å². The molecule has 1 aliphatic rings. The van der Waals surface area contributed by atoms with E-state index in [4.69, 9.17) is 7.05 Å². The molecule has 0 unspecified atom stereocenters. The lowest BCUT2D eigenvalue weighted by Gasteiger charge is -2.40. The Morgan fingerprint density at radius 1 is 0.552 bits per heavy atom. The molecule has 0 aromatic heterocycles. The zero-order valence-corrected chi connectivity index (χ0v) is 16.8. The number of nitrogens with zero attached hydrogens (tertiary/aromatic N) is 1. The van der Waals surface area contributed by atoms with Crippen LogP contribution in [0.15, 0.2) is 97.1 Å². The minimum Gasteiger partial charge on any atom is -0.333 e. The fourth-order valence-corrected chi connectivity index (χ4v) is 4.41. The van der Waals surface area contributed by atoms with Crippen LogP contribution in [0.5, 0.6) is 0 Å². The molecule has 1 heteroatoms. The van der Waals surface area contributed by atoms with Crippen molar-refractivity contribution in [1.82, 2.24) is 0 Å². The quantitative estimate of drug-likeness (QED) is 0.352. The first-order valence-electron chi connectivity index (χ1n) is 10.0. The maximum atomic E-state index is 6.71. The van der Waals surface area contributed by atoms with Gasteiger partial charge in [-0.1, -0.05) is 98.8 Å². The maximum absolute atomic E-state index is 6.71. The topological polar surface area (TPSA) is 3.24 Å². The first-order valence-corrected chi connectivity index (χ1v) is 10.0. The molecular weight excluding hydrogens is 350 g/mol. The molecule has 0 N–H and O–H groups in total. The van der Waals surface area contributed by atoms with Gasteiger partial charge in [-0.25, -0.2) is 0 Å². The number of anilines is 2. The molecule has 0 saturated heterocycles. The minimum atomic E-state index is -0.120. The Balaban J connectivity index is 1.66. The predicted molar refractivity (Wildman–Crippen MR) is 122 cm³/mol. The van der Waals surface area contributed by atoms with Crippen LogP contribution < -0.4 is 4.90 Å². The van der Waals surface area contributed by atoms with Crippen LogP contribution in [0.3, 0.4) is 0 Å². The summed E-state index contributed by atoms with van der Waals surface area (Å²) in [5.41, 5.74) is 9.26. The molecule has 5 rings (SSSR count). The summed E-state index contributed by atoms with van der Waals surface area (Å²) in [6.07, 6.45) is 0. The molecule has 1 heterocycles. The maximum Gasteiger partial charge on any atom is 0.0799 e. The van der Waals surface area contributed by atoms with Crippen molar-refractivity contribution in [2.24, 2.45) is 0 Å². The molecule has 0 saturated carbocycles. The molecular formula is C28H23N. The molecule has 0 spiro atoms. The van der Waals surface area contributed by atoms with Gasteiger partial charge in [-0.2, -0.15) is 0 Å². The van der Waals surface area contributed by atoms with Gasteiger partial charge in [-0.05, 0) is 45.5 Å². The van der Waals surface area contributed by atoms with Gasteiger partial charge in [-0.15, -0.1) is 0 Å². The van der Waals surface area contributed by atoms with Crippen molar-refractivity contribution in [2.75, 3.05) is 4.90 Å². The van der Waals surface area contributed by atoms with Crippen molar-refractivity contribution in [3.05, 3.63) is 115 Å². The highest BCUT2D eigenvalue weighted by atomic mass is 15.1. The highest BCUT2D eigenvalue weighted by molar-refractivity contribution is 5.84. The third-order valence-corrected chi connectivity index (χ3v) is 6.08. The van der Waals surface area contributed by atoms with Gasteiger partial charge in [0.05, 0.1) is 7.05 Å². The SMILES string of the molecule is [CH]N1c2cc(-c3ccccc3)ccc2C(C)(C)c2ccc(-c3ccccc3)cc21. The van der Waals surface area contributed by atoms with Crippen molar-refractivity contribution in [3.8, 4) is 22.3 Å². The van der Waals surface area contributed by atoms with E-state index < -0.39 is 0 Å². The van der Waals surface area contributed by atoms with E-state index in [9.17, 15) is 0 Å². The Morgan fingerprint density at radius 3 is 1.38 bits per heavy atom. The molecule has 0 aliphatic carbocycles. The number of rotatable bonds is 2. The number of hydrogen-bond acceptors (Lipinski definition) is 1. The first kappa shape index (κ1) is 17.8.